The van der Waals surface area contributed by atoms with Crippen molar-refractivity contribution in [2.75, 3.05) is 33.2 Å². The molecule has 2 atom stereocenters. The van der Waals surface area contributed by atoms with E-state index in [-0.39, 0.29) is 12.1 Å². The van der Waals surface area contributed by atoms with Crippen LogP contribution in [-0.4, -0.2) is 49.1 Å². The fraction of sp³-hybridized carbons (Fsp3) is 0.600. The van der Waals surface area contributed by atoms with Crippen LogP contribution in [0, 0.1) is 0 Å². The molecule has 2 unspecified atom stereocenters. The van der Waals surface area contributed by atoms with Gasteiger partial charge >= 0.3 is 6.18 Å². The van der Waals surface area contributed by atoms with Gasteiger partial charge in [0.2, 0.25) is 0 Å². The monoisotopic (exact) mass is 301 g/mol. The Bertz CT molecular complexity index is 458. The minimum Gasteiger partial charge on any atom is -0.329 e. The van der Waals surface area contributed by atoms with Gasteiger partial charge in [0.25, 0.3) is 0 Å². The van der Waals surface area contributed by atoms with Gasteiger partial charge in [0.15, 0.2) is 0 Å². The first-order chi connectivity index (χ1) is 9.82. The standard InChI is InChI=1S/C15H22F3N3/c1-11(21-8-7-20(2)10-14(21)9-19)12-3-5-13(6-4-12)15(16,17)18/h3-6,11,14H,7-10,19H2,1-2H3. The van der Waals surface area contributed by atoms with E-state index in [9.17, 15) is 13.2 Å². The molecule has 2 rings (SSSR count). The summed E-state index contributed by atoms with van der Waals surface area (Å²) in [7, 11) is 2.06. The van der Waals surface area contributed by atoms with Crippen LogP contribution in [0.3, 0.4) is 0 Å². The van der Waals surface area contributed by atoms with Gasteiger partial charge in [0.1, 0.15) is 0 Å². The van der Waals surface area contributed by atoms with Crippen LogP contribution in [0.1, 0.15) is 24.1 Å². The van der Waals surface area contributed by atoms with E-state index >= 15 is 0 Å². The lowest BCUT2D eigenvalue weighted by Crippen LogP contribution is -2.55. The van der Waals surface area contributed by atoms with Crippen molar-refractivity contribution >= 4 is 0 Å². The van der Waals surface area contributed by atoms with Gasteiger partial charge in [0.05, 0.1) is 5.56 Å². The summed E-state index contributed by atoms with van der Waals surface area (Å²) in [6, 6.07) is 5.74. The maximum Gasteiger partial charge on any atom is 0.416 e. The Morgan fingerprint density at radius 3 is 2.38 bits per heavy atom. The van der Waals surface area contributed by atoms with Crippen molar-refractivity contribution in [3.63, 3.8) is 0 Å². The van der Waals surface area contributed by atoms with Crippen LogP contribution in [0.25, 0.3) is 0 Å². The normalized spacial score (nSPS) is 23.2. The number of hydrogen-bond donors (Lipinski definition) is 1. The smallest absolute Gasteiger partial charge is 0.329 e. The Hall–Kier alpha value is -1.11. The average molecular weight is 301 g/mol. The second kappa shape index (κ2) is 6.34. The van der Waals surface area contributed by atoms with Crippen LogP contribution < -0.4 is 5.73 Å². The molecule has 3 nitrogen and oxygen atoms in total. The zero-order valence-electron chi connectivity index (χ0n) is 12.4. The molecule has 1 aromatic carbocycles. The number of alkyl halides is 3. The molecule has 0 aromatic heterocycles. The largest absolute Gasteiger partial charge is 0.416 e. The van der Waals surface area contributed by atoms with Gasteiger partial charge in [-0.3, -0.25) is 4.90 Å². The van der Waals surface area contributed by atoms with Crippen LogP contribution in [0.15, 0.2) is 24.3 Å². The highest BCUT2D eigenvalue weighted by Crippen LogP contribution is 2.31. The highest BCUT2D eigenvalue weighted by atomic mass is 19.4. The van der Waals surface area contributed by atoms with E-state index in [0.717, 1.165) is 37.3 Å². The third-order valence-corrected chi connectivity index (χ3v) is 4.22. The molecule has 118 valence electrons. The molecule has 0 saturated carbocycles. The highest BCUT2D eigenvalue weighted by Gasteiger charge is 2.31. The summed E-state index contributed by atoms with van der Waals surface area (Å²) >= 11 is 0. The Morgan fingerprint density at radius 2 is 1.86 bits per heavy atom. The predicted molar refractivity (Wildman–Crippen MR) is 76.9 cm³/mol. The lowest BCUT2D eigenvalue weighted by molar-refractivity contribution is -0.137. The number of hydrogen-bond acceptors (Lipinski definition) is 3. The molecule has 21 heavy (non-hydrogen) atoms. The third kappa shape index (κ3) is 3.75. The van der Waals surface area contributed by atoms with Gasteiger partial charge in [-0.2, -0.15) is 13.2 Å². The third-order valence-electron chi connectivity index (χ3n) is 4.22. The van der Waals surface area contributed by atoms with Crippen LogP contribution >= 0.6 is 0 Å². The molecule has 1 fully saturated rings. The molecular formula is C15H22F3N3. The first kappa shape index (κ1) is 16.3. The fourth-order valence-electron chi connectivity index (χ4n) is 2.89. The molecule has 1 aliphatic rings. The number of piperazine rings is 1. The van der Waals surface area contributed by atoms with Crippen LogP contribution in [0.2, 0.25) is 0 Å². The van der Waals surface area contributed by atoms with Crippen molar-refractivity contribution in [3.05, 3.63) is 35.4 Å². The van der Waals surface area contributed by atoms with E-state index in [1.165, 1.54) is 0 Å². The van der Waals surface area contributed by atoms with Gasteiger partial charge < -0.3 is 10.6 Å². The first-order valence-corrected chi connectivity index (χ1v) is 7.14. The zero-order valence-corrected chi connectivity index (χ0v) is 12.4. The molecule has 0 spiro atoms. The highest BCUT2D eigenvalue weighted by molar-refractivity contribution is 5.26. The van der Waals surface area contributed by atoms with Crippen molar-refractivity contribution in [2.45, 2.75) is 25.2 Å². The van der Waals surface area contributed by atoms with E-state index in [0.29, 0.717) is 6.54 Å². The molecule has 0 aliphatic carbocycles. The number of halogens is 3. The minimum absolute atomic E-state index is 0.0644. The van der Waals surface area contributed by atoms with Gasteiger partial charge in [-0.25, -0.2) is 0 Å². The Labute approximate surface area is 123 Å². The average Bonchev–Trinajstić information content (AvgIpc) is 2.45. The fourth-order valence-corrected chi connectivity index (χ4v) is 2.89. The van der Waals surface area contributed by atoms with Crippen LogP contribution in [-0.2, 0) is 6.18 Å². The van der Waals surface area contributed by atoms with Crippen molar-refractivity contribution in [1.29, 1.82) is 0 Å². The predicted octanol–water partition coefficient (Wildman–Crippen LogP) is 2.34. The molecule has 1 aliphatic heterocycles. The lowest BCUT2D eigenvalue weighted by Gasteiger charge is -2.43. The summed E-state index contributed by atoms with van der Waals surface area (Å²) in [5, 5.41) is 0. The molecule has 0 amide bonds. The molecule has 1 aromatic rings. The van der Waals surface area contributed by atoms with Crippen molar-refractivity contribution in [3.8, 4) is 0 Å². The molecule has 1 saturated heterocycles. The van der Waals surface area contributed by atoms with Gasteiger partial charge in [0, 0.05) is 38.3 Å². The summed E-state index contributed by atoms with van der Waals surface area (Å²) in [6.07, 6.45) is -4.28. The van der Waals surface area contributed by atoms with Crippen molar-refractivity contribution < 1.29 is 13.2 Å². The first-order valence-electron chi connectivity index (χ1n) is 7.14. The second-order valence-electron chi connectivity index (χ2n) is 5.69. The molecule has 1 heterocycles. The van der Waals surface area contributed by atoms with E-state index < -0.39 is 11.7 Å². The number of likely N-dealkylation sites (N-methyl/N-ethyl adjacent to an activating group) is 1. The van der Waals surface area contributed by atoms with Gasteiger partial charge in [-0.1, -0.05) is 12.1 Å². The summed E-state index contributed by atoms with van der Waals surface area (Å²) in [5.74, 6) is 0. The summed E-state index contributed by atoms with van der Waals surface area (Å²) < 4.78 is 37.8. The minimum atomic E-state index is -4.28. The summed E-state index contributed by atoms with van der Waals surface area (Å²) in [5.41, 5.74) is 6.13. The SMILES string of the molecule is CC(c1ccc(C(F)(F)F)cc1)N1CCN(C)CC1CN. The molecule has 6 heteroatoms. The molecule has 0 bridgehead atoms. The number of rotatable bonds is 3. The molecular weight excluding hydrogens is 279 g/mol. The number of benzene rings is 1. The van der Waals surface area contributed by atoms with Crippen molar-refractivity contribution in [2.24, 2.45) is 5.73 Å². The van der Waals surface area contributed by atoms with Gasteiger partial charge in [-0.15, -0.1) is 0 Å². The topological polar surface area (TPSA) is 32.5 Å². The van der Waals surface area contributed by atoms with E-state index in [1.54, 1.807) is 12.1 Å². The maximum atomic E-state index is 12.6. The number of nitrogens with zero attached hydrogens (tertiary/aromatic N) is 2. The second-order valence-corrected chi connectivity index (χ2v) is 5.69. The molecule has 2 N–H and O–H groups in total. The quantitative estimate of drug-likeness (QED) is 0.930. The lowest BCUT2D eigenvalue weighted by atomic mass is 10.0. The Morgan fingerprint density at radius 1 is 1.24 bits per heavy atom. The van der Waals surface area contributed by atoms with E-state index in [4.69, 9.17) is 5.73 Å². The van der Waals surface area contributed by atoms with Crippen LogP contribution in [0.5, 0.6) is 0 Å². The van der Waals surface area contributed by atoms with E-state index in [2.05, 4.69) is 16.8 Å². The maximum absolute atomic E-state index is 12.6. The van der Waals surface area contributed by atoms with E-state index in [1.807, 2.05) is 6.92 Å². The Balaban J connectivity index is 2.13. The summed E-state index contributed by atoms with van der Waals surface area (Å²) in [4.78, 5) is 4.51. The van der Waals surface area contributed by atoms with Crippen molar-refractivity contribution in [1.82, 2.24) is 9.80 Å². The van der Waals surface area contributed by atoms with Crippen LogP contribution in [0.4, 0.5) is 13.2 Å². The van der Waals surface area contributed by atoms with Gasteiger partial charge in [-0.05, 0) is 31.7 Å². The number of nitrogens with two attached hydrogens (primary N) is 1. The Kier molecular flexibility index (Phi) is 4.91. The molecule has 0 radical (unpaired) electrons. The zero-order chi connectivity index (χ0) is 15.6. The summed E-state index contributed by atoms with van der Waals surface area (Å²) in [6.45, 7) is 5.29.